The lowest BCUT2D eigenvalue weighted by atomic mass is 10.1. The summed E-state index contributed by atoms with van der Waals surface area (Å²) >= 11 is 0. The number of imide groups is 2. The fourth-order valence-corrected chi connectivity index (χ4v) is 3.32. The number of nitrogens with one attached hydrogen (secondary N) is 2. The van der Waals surface area contributed by atoms with E-state index in [1.165, 1.54) is 19.2 Å². The molecule has 10 nitrogen and oxygen atoms in total. The van der Waals surface area contributed by atoms with Crippen LogP contribution in [0.15, 0.2) is 42.5 Å². The summed E-state index contributed by atoms with van der Waals surface area (Å²) in [5.74, 6) is -2.35. The van der Waals surface area contributed by atoms with Gasteiger partial charge in [0.15, 0.2) is 6.61 Å². The fourth-order valence-electron chi connectivity index (χ4n) is 3.32. The van der Waals surface area contributed by atoms with Crippen molar-refractivity contribution in [3.63, 3.8) is 0 Å². The maximum Gasteiger partial charge on any atom is 0.342 e. The summed E-state index contributed by atoms with van der Waals surface area (Å²) in [6, 6.07) is 10.3. The van der Waals surface area contributed by atoms with Crippen LogP contribution in [-0.4, -0.2) is 53.9 Å². The SMILES string of the molecule is COc1ccc(CN2C(=O)c3ccccc3C2=O)cc1C(=O)OCC(=O)NC(=O)NC(C)(C)C. The summed E-state index contributed by atoms with van der Waals surface area (Å²) < 4.78 is 10.2. The van der Waals surface area contributed by atoms with Gasteiger partial charge in [0.05, 0.1) is 24.8 Å². The zero-order valence-electron chi connectivity index (χ0n) is 19.3. The van der Waals surface area contributed by atoms with Crippen molar-refractivity contribution in [3.8, 4) is 5.75 Å². The number of benzene rings is 2. The van der Waals surface area contributed by atoms with Gasteiger partial charge < -0.3 is 14.8 Å². The highest BCUT2D eigenvalue weighted by Gasteiger charge is 2.35. The molecule has 0 aliphatic carbocycles. The molecule has 0 fully saturated rings. The van der Waals surface area contributed by atoms with Crippen molar-refractivity contribution in [2.75, 3.05) is 13.7 Å². The Labute approximate surface area is 196 Å². The van der Waals surface area contributed by atoms with Gasteiger partial charge in [-0.25, -0.2) is 9.59 Å². The van der Waals surface area contributed by atoms with Crippen molar-refractivity contribution >= 4 is 29.7 Å². The van der Waals surface area contributed by atoms with Gasteiger partial charge >= 0.3 is 12.0 Å². The molecule has 10 heteroatoms. The lowest BCUT2D eigenvalue weighted by Gasteiger charge is -2.20. The van der Waals surface area contributed by atoms with Crippen LogP contribution in [0.3, 0.4) is 0 Å². The highest BCUT2D eigenvalue weighted by atomic mass is 16.5. The van der Waals surface area contributed by atoms with E-state index in [0.29, 0.717) is 16.7 Å². The molecule has 34 heavy (non-hydrogen) atoms. The van der Waals surface area contributed by atoms with E-state index in [-0.39, 0.29) is 17.9 Å². The molecule has 3 rings (SSSR count). The van der Waals surface area contributed by atoms with Crippen molar-refractivity contribution in [2.45, 2.75) is 32.9 Å². The molecule has 2 N–H and O–H groups in total. The van der Waals surface area contributed by atoms with E-state index < -0.39 is 41.9 Å². The zero-order chi connectivity index (χ0) is 25.0. The van der Waals surface area contributed by atoms with Crippen molar-refractivity contribution in [1.82, 2.24) is 15.5 Å². The first-order valence-corrected chi connectivity index (χ1v) is 10.4. The molecule has 0 radical (unpaired) electrons. The number of urea groups is 1. The number of fused-ring (bicyclic) bond motifs is 1. The molecule has 1 heterocycles. The minimum atomic E-state index is -0.868. The van der Waals surface area contributed by atoms with E-state index >= 15 is 0 Å². The monoisotopic (exact) mass is 467 g/mol. The molecule has 2 aromatic rings. The molecule has 1 aliphatic rings. The number of esters is 1. The fraction of sp³-hybridized carbons (Fsp3) is 0.292. The van der Waals surface area contributed by atoms with Crippen LogP contribution in [0.1, 0.15) is 57.4 Å². The van der Waals surface area contributed by atoms with E-state index in [0.717, 1.165) is 4.90 Å². The highest BCUT2D eigenvalue weighted by Crippen LogP contribution is 2.26. The number of hydrogen-bond acceptors (Lipinski definition) is 7. The molecule has 5 amide bonds. The summed E-state index contributed by atoms with van der Waals surface area (Å²) in [5, 5.41) is 4.62. The standard InChI is InChI=1S/C24H25N3O7/c1-24(2,3)26-23(32)25-19(28)13-34-22(31)17-11-14(9-10-18(17)33-4)12-27-20(29)15-7-5-6-8-16(15)21(27)30/h5-11H,12-13H2,1-4H3,(H2,25,26,28,32). The van der Waals surface area contributed by atoms with Gasteiger partial charge in [-0.2, -0.15) is 0 Å². The largest absolute Gasteiger partial charge is 0.496 e. The second-order valence-corrected chi connectivity index (χ2v) is 8.61. The van der Waals surface area contributed by atoms with E-state index in [1.54, 1.807) is 51.1 Å². The van der Waals surface area contributed by atoms with Crippen molar-refractivity contribution in [3.05, 3.63) is 64.7 Å². The average molecular weight is 467 g/mol. The van der Waals surface area contributed by atoms with Gasteiger partial charge in [0.2, 0.25) is 0 Å². The molecule has 0 atom stereocenters. The number of ether oxygens (including phenoxy) is 2. The smallest absolute Gasteiger partial charge is 0.342 e. The Balaban J connectivity index is 1.68. The predicted octanol–water partition coefficient (Wildman–Crippen LogP) is 2.27. The molecule has 1 aliphatic heterocycles. The molecule has 0 saturated carbocycles. The lowest BCUT2D eigenvalue weighted by Crippen LogP contribution is -2.49. The van der Waals surface area contributed by atoms with E-state index in [2.05, 4.69) is 10.6 Å². The predicted molar refractivity (Wildman–Crippen MR) is 120 cm³/mol. The molecular weight excluding hydrogens is 442 g/mol. The Morgan fingerprint density at radius 2 is 1.59 bits per heavy atom. The molecule has 0 unspecified atom stereocenters. The quantitative estimate of drug-likeness (QED) is 0.492. The Morgan fingerprint density at radius 1 is 0.971 bits per heavy atom. The number of rotatable bonds is 6. The first-order valence-electron chi connectivity index (χ1n) is 10.4. The zero-order valence-corrected chi connectivity index (χ0v) is 19.3. The van der Waals surface area contributed by atoms with Crippen LogP contribution in [0.2, 0.25) is 0 Å². The summed E-state index contributed by atoms with van der Waals surface area (Å²) in [6.45, 7) is 4.49. The van der Waals surface area contributed by atoms with Crippen LogP contribution in [0, 0.1) is 0 Å². The Morgan fingerprint density at radius 3 is 2.15 bits per heavy atom. The second kappa shape index (κ2) is 9.74. The minimum absolute atomic E-state index is 0.00329. The van der Waals surface area contributed by atoms with Gasteiger partial charge in [-0.1, -0.05) is 18.2 Å². The number of hydrogen-bond donors (Lipinski definition) is 2. The molecule has 0 aromatic heterocycles. The molecule has 0 bridgehead atoms. The van der Waals surface area contributed by atoms with Gasteiger partial charge in [-0.15, -0.1) is 0 Å². The van der Waals surface area contributed by atoms with E-state index in [1.807, 2.05) is 0 Å². The van der Waals surface area contributed by atoms with Crippen molar-refractivity contribution < 1.29 is 33.4 Å². The third-order valence-corrected chi connectivity index (χ3v) is 4.78. The molecule has 178 valence electrons. The number of carbonyl (C=O) groups excluding carboxylic acids is 5. The Kier molecular flexibility index (Phi) is 7.00. The van der Waals surface area contributed by atoms with E-state index in [9.17, 15) is 24.0 Å². The van der Waals surface area contributed by atoms with Crippen LogP contribution in [0.5, 0.6) is 5.75 Å². The minimum Gasteiger partial charge on any atom is -0.496 e. The molecule has 0 spiro atoms. The third kappa shape index (κ3) is 5.58. The number of amides is 5. The van der Waals surface area contributed by atoms with Crippen LogP contribution in [0.25, 0.3) is 0 Å². The first-order chi connectivity index (χ1) is 16.0. The summed E-state index contributed by atoms with van der Waals surface area (Å²) in [5.41, 5.74) is 0.582. The van der Waals surface area contributed by atoms with Crippen LogP contribution in [-0.2, 0) is 16.1 Å². The van der Waals surface area contributed by atoms with Gasteiger partial charge in [-0.05, 0) is 50.6 Å². The number of methoxy groups -OCH3 is 1. The highest BCUT2D eigenvalue weighted by molar-refractivity contribution is 6.21. The molecule has 0 saturated heterocycles. The van der Waals surface area contributed by atoms with Gasteiger partial charge in [-0.3, -0.25) is 24.6 Å². The average Bonchev–Trinajstić information content (AvgIpc) is 3.01. The second-order valence-electron chi connectivity index (χ2n) is 8.61. The van der Waals surface area contributed by atoms with Crippen LogP contribution >= 0.6 is 0 Å². The normalized spacial score (nSPS) is 12.8. The number of nitrogens with zero attached hydrogens (tertiary/aromatic N) is 1. The maximum atomic E-state index is 12.6. The third-order valence-electron chi connectivity index (χ3n) is 4.78. The van der Waals surface area contributed by atoms with Gasteiger partial charge in [0.1, 0.15) is 11.3 Å². The summed E-state index contributed by atoms with van der Waals surface area (Å²) in [4.78, 5) is 62.6. The van der Waals surface area contributed by atoms with Gasteiger partial charge in [0.25, 0.3) is 17.7 Å². The van der Waals surface area contributed by atoms with Gasteiger partial charge in [0, 0.05) is 5.54 Å². The van der Waals surface area contributed by atoms with Crippen molar-refractivity contribution in [1.29, 1.82) is 0 Å². The molecular formula is C24H25N3O7. The van der Waals surface area contributed by atoms with E-state index in [4.69, 9.17) is 9.47 Å². The first kappa shape index (κ1) is 24.4. The topological polar surface area (TPSA) is 131 Å². The summed E-state index contributed by atoms with van der Waals surface area (Å²) in [7, 11) is 1.36. The maximum absolute atomic E-state index is 12.6. The van der Waals surface area contributed by atoms with Crippen molar-refractivity contribution in [2.24, 2.45) is 0 Å². The molecule has 2 aromatic carbocycles. The van der Waals surface area contributed by atoms with Crippen LogP contribution in [0.4, 0.5) is 4.79 Å². The van der Waals surface area contributed by atoms with Crippen LogP contribution < -0.4 is 15.4 Å². The summed E-state index contributed by atoms with van der Waals surface area (Å²) in [6.07, 6.45) is 0. The number of carbonyl (C=O) groups is 5. The Hall–Kier alpha value is -4.21. The Bertz CT molecular complexity index is 1130. The lowest BCUT2D eigenvalue weighted by molar-refractivity contribution is -0.123.